The molecular weight excluding hydrogens is 232 g/mol. The monoisotopic (exact) mass is 260 g/mol. The van der Waals surface area contributed by atoms with E-state index < -0.39 is 0 Å². The third kappa shape index (κ3) is 3.58. The van der Waals surface area contributed by atoms with Crippen molar-refractivity contribution in [3.8, 4) is 0 Å². The summed E-state index contributed by atoms with van der Waals surface area (Å²) < 4.78 is 0. The number of likely N-dealkylation sites (tertiary alicyclic amines) is 1. The highest BCUT2D eigenvalue weighted by atomic mass is 15.2. The minimum Gasteiger partial charge on any atom is -0.323 e. The summed E-state index contributed by atoms with van der Waals surface area (Å²) >= 11 is 0. The largest absolute Gasteiger partial charge is 0.323 e. The van der Waals surface area contributed by atoms with Gasteiger partial charge in [-0.15, -0.1) is 0 Å². The first-order valence-electron chi connectivity index (χ1n) is 7.53. The van der Waals surface area contributed by atoms with E-state index in [4.69, 9.17) is 5.73 Å². The summed E-state index contributed by atoms with van der Waals surface area (Å²) in [5, 5.41) is 0. The molecule has 1 saturated heterocycles. The molecule has 0 bridgehead atoms. The number of rotatable bonds is 3. The molecule has 1 heterocycles. The van der Waals surface area contributed by atoms with E-state index in [1.54, 1.807) is 0 Å². The van der Waals surface area contributed by atoms with E-state index >= 15 is 0 Å². The zero-order chi connectivity index (χ0) is 14.0. The molecule has 4 unspecified atom stereocenters. The Morgan fingerprint density at radius 3 is 2.74 bits per heavy atom. The number of piperidine rings is 1. The molecule has 0 amide bonds. The van der Waals surface area contributed by atoms with Crippen molar-refractivity contribution in [2.24, 2.45) is 17.6 Å². The molecule has 2 N–H and O–H groups in total. The lowest BCUT2D eigenvalue weighted by molar-refractivity contribution is 0.0742. The van der Waals surface area contributed by atoms with Crippen LogP contribution in [0.25, 0.3) is 0 Å². The van der Waals surface area contributed by atoms with E-state index in [9.17, 15) is 0 Å². The normalized spacial score (nSPS) is 30.3. The van der Waals surface area contributed by atoms with E-state index in [-0.39, 0.29) is 6.04 Å². The minimum atomic E-state index is 0.125. The molecular formula is C17H28N2. The number of hydrogen-bond donors (Lipinski definition) is 1. The molecule has 0 aliphatic carbocycles. The highest BCUT2D eigenvalue weighted by Crippen LogP contribution is 2.28. The Morgan fingerprint density at radius 1 is 1.32 bits per heavy atom. The van der Waals surface area contributed by atoms with Crippen LogP contribution in [0.3, 0.4) is 0 Å². The predicted octanol–water partition coefficient (Wildman–Crippen LogP) is 3.36. The molecule has 2 nitrogen and oxygen atoms in total. The number of nitrogens with zero attached hydrogens (tertiary/aromatic N) is 1. The molecule has 106 valence electrons. The third-order valence-corrected chi connectivity index (χ3v) is 4.62. The Morgan fingerprint density at radius 2 is 2.05 bits per heavy atom. The van der Waals surface area contributed by atoms with E-state index in [1.165, 1.54) is 24.1 Å². The van der Waals surface area contributed by atoms with Gasteiger partial charge in [-0.3, -0.25) is 4.90 Å². The van der Waals surface area contributed by atoms with E-state index in [0.717, 1.165) is 18.4 Å². The molecule has 4 atom stereocenters. The van der Waals surface area contributed by atoms with Crippen LogP contribution in [0.1, 0.15) is 44.4 Å². The van der Waals surface area contributed by atoms with Crippen molar-refractivity contribution >= 4 is 0 Å². The van der Waals surface area contributed by atoms with Crippen LogP contribution in [-0.4, -0.2) is 24.0 Å². The second kappa shape index (κ2) is 6.06. The Kier molecular flexibility index (Phi) is 4.64. The van der Waals surface area contributed by atoms with Crippen molar-refractivity contribution in [1.82, 2.24) is 4.90 Å². The molecule has 1 aliphatic heterocycles. The summed E-state index contributed by atoms with van der Waals surface area (Å²) in [6.45, 7) is 11.4. The quantitative estimate of drug-likeness (QED) is 0.903. The lowest BCUT2D eigenvalue weighted by Crippen LogP contribution is -2.48. The Bertz CT molecular complexity index is 415. The van der Waals surface area contributed by atoms with Crippen molar-refractivity contribution in [2.75, 3.05) is 13.1 Å². The van der Waals surface area contributed by atoms with Crippen molar-refractivity contribution in [2.45, 2.75) is 46.2 Å². The van der Waals surface area contributed by atoms with E-state index in [1.807, 2.05) is 0 Å². The van der Waals surface area contributed by atoms with Gasteiger partial charge in [0.15, 0.2) is 0 Å². The first-order valence-corrected chi connectivity index (χ1v) is 7.53. The van der Waals surface area contributed by atoms with Crippen molar-refractivity contribution in [1.29, 1.82) is 0 Å². The fourth-order valence-electron chi connectivity index (χ4n) is 3.33. The second-order valence-corrected chi connectivity index (χ2v) is 6.53. The Balaban J connectivity index is 2.03. The molecule has 0 radical (unpaired) electrons. The topological polar surface area (TPSA) is 29.3 Å². The number of aryl methyl sites for hydroxylation is 1. The second-order valence-electron chi connectivity index (χ2n) is 6.53. The van der Waals surface area contributed by atoms with Crippen molar-refractivity contribution in [3.05, 3.63) is 35.4 Å². The summed E-state index contributed by atoms with van der Waals surface area (Å²) in [6, 6.07) is 9.37. The molecule has 1 aliphatic rings. The number of hydrogen-bond acceptors (Lipinski definition) is 2. The summed E-state index contributed by atoms with van der Waals surface area (Å²) in [7, 11) is 0. The first-order chi connectivity index (χ1) is 8.97. The Labute approximate surface area is 118 Å². The maximum Gasteiger partial charge on any atom is 0.0424 e. The van der Waals surface area contributed by atoms with Gasteiger partial charge in [0.25, 0.3) is 0 Å². The average Bonchev–Trinajstić information content (AvgIpc) is 2.35. The van der Waals surface area contributed by atoms with Gasteiger partial charge in [-0.05, 0) is 37.7 Å². The van der Waals surface area contributed by atoms with Crippen molar-refractivity contribution in [3.63, 3.8) is 0 Å². The van der Waals surface area contributed by atoms with Crippen LogP contribution in [0.5, 0.6) is 0 Å². The minimum absolute atomic E-state index is 0.125. The van der Waals surface area contributed by atoms with Gasteiger partial charge in [0, 0.05) is 25.2 Å². The van der Waals surface area contributed by atoms with Crippen LogP contribution in [0, 0.1) is 18.8 Å². The molecule has 0 aromatic heterocycles. The average molecular weight is 260 g/mol. The molecule has 2 rings (SSSR count). The van der Waals surface area contributed by atoms with Gasteiger partial charge in [-0.1, -0.05) is 43.7 Å². The van der Waals surface area contributed by atoms with Gasteiger partial charge in [0.1, 0.15) is 0 Å². The standard InChI is InChI=1S/C17H28N2/c1-12-6-5-7-16(9-12)17(18)11-19-10-13(2)8-14(3)15(19)4/h5-7,9,13-15,17H,8,10-11,18H2,1-4H3. The van der Waals surface area contributed by atoms with Crippen molar-refractivity contribution < 1.29 is 0 Å². The van der Waals surface area contributed by atoms with Crippen LogP contribution < -0.4 is 5.73 Å². The molecule has 1 aromatic rings. The van der Waals surface area contributed by atoms with Crippen LogP contribution >= 0.6 is 0 Å². The molecule has 0 spiro atoms. The zero-order valence-electron chi connectivity index (χ0n) is 12.8. The predicted molar refractivity (Wildman–Crippen MR) is 82.1 cm³/mol. The first kappa shape index (κ1) is 14.5. The van der Waals surface area contributed by atoms with Crippen LogP contribution in [0.4, 0.5) is 0 Å². The molecule has 0 saturated carbocycles. The lowest BCUT2D eigenvalue weighted by Gasteiger charge is -2.42. The zero-order valence-corrected chi connectivity index (χ0v) is 12.8. The highest BCUT2D eigenvalue weighted by Gasteiger charge is 2.29. The summed E-state index contributed by atoms with van der Waals surface area (Å²) in [5.41, 5.74) is 8.96. The maximum atomic E-state index is 6.41. The summed E-state index contributed by atoms with van der Waals surface area (Å²) in [4.78, 5) is 2.58. The third-order valence-electron chi connectivity index (χ3n) is 4.62. The fourth-order valence-corrected chi connectivity index (χ4v) is 3.33. The number of benzene rings is 1. The smallest absolute Gasteiger partial charge is 0.0424 e. The fraction of sp³-hybridized carbons (Fsp3) is 0.647. The molecule has 1 aromatic carbocycles. The maximum absolute atomic E-state index is 6.41. The SMILES string of the molecule is Cc1cccc(C(N)CN2CC(C)CC(C)C2C)c1. The van der Waals surface area contributed by atoms with Crippen LogP contribution in [0.15, 0.2) is 24.3 Å². The van der Waals surface area contributed by atoms with Gasteiger partial charge < -0.3 is 5.73 Å². The van der Waals surface area contributed by atoms with Gasteiger partial charge in [-0.25, -0.2) is 0 Å². The molecule has 2 heteroatoms. The van der Waals surface area contributed by atoms with Crippen LogP contribution in [0.2, 0.25) is 0 Å². The lowest BCUT2D eigenvalue weighted by atomic mass is 9.85. The van der Waals surface area contributed by atoms with Crippen LogP contribution in [-0.2, 0) is 0 Å². The Hall–Kier alpha value is -0.860. The van der Waals surface area contributed by atoms with Gasteiger partial charge in [-0.2, -0.15) is 0 Å². The van der Waals surface area contributed by atoms with E-state index in [0.29, 0.717) is 6.04 Å². The van der Waals surface area contributed by atoms with Gasteiger partial charge in [0.2, 0.25) is 0 Å². The van der Waals surface area contributed by atoms with Gasteiger partial charge in [0.05, 0.1) is 0 Å². The summed E-state index contributed by atoms with van der Waals surface area (Å²) in [6.07, 6.45) is 1.34. The molecule has 1 fully saturated rings. The van der Waals surface area contributed by atoms with E-state index in [2.05, 4.69) is 56.9 Å². The molecule has 19 heavy (non-hydrogen) atoms. The van der Waals surface area contributed by atoms with Gasteiger partial charge >= 0.3 is 0 Å². The highest BCUT2D eigenvalue weighted by molar-refractivity contribution is 5.25. The summed E-state index contributed by atoms with van der Waals surface area (Å²) in [5.74, 6) is 1.56. The number of nitrogens with two attached hydrogens (primary N) is 1.